The predicted molar refractivity (Wildman–Crippen MR) is 79.1 cm³/mol. The van der Waals surface area contributed by atoms with Gasteiger partial charge in [0, 0.05) is 24.1 Å². The van der Waals surface area contributed by atoms with Crippen LogP contribution in [0.2, 0.25) is 0 Å². The van der Waals surface area contributed by atoms with Gasteiger partial charge >= 0.3 is 0 Å². The zero-order valence-corrected chi connectivity index (χ0v) is 12.6. The summed E-state index contributed by atoms with van der Waals surface area (Å²) in [5, 5.41) is 5.05. The van der Waals surface area contributed by atoms with Crippen LogP contribution in [-0.2, 0) is 4.74 Å². The van der Waals surface area contributed by atoms with Crippen LogP contribution in [0.5, 0.6) is 0 Å². The van der Waals surface area contributed by atoms with Gasteiger partial charge in [-0.2, -0.15) is 5.10 Å². The fraction of sp³-hybridized carbons (Fsp3) is 0.824. The Kier molecular flexibility index (Phi) is 3.33. The van der Waals surface area contributed by atoms with Crippen molar-refractivity contribution in [2.45, 2.75) is 82.3 Å². The van der Waals surface area contributed by atoms with Crippen LogP contribution in [0.1, 0.15) is 87.6 Å². The first-order valence-corrected chi connectivity index (χ1v) is 8.52. The first-order valence-electron chi connectivity index (χ1n) is 8.52. The van der Waals surface area contributed by atoms with E-state index in [9.17, 15) is 0 Å². The summed E-state index contributed by atoms with van der Waals surface area (Å²) in [5.74, 6) is 1.54. The summed E-state index contributed by atoms with van der Waals surface area (Å²) in [6.07, 6.45) is 10.9. The fourth-order valence-electron chi connectivity index (χ4n) is 3.83. The molecular formula is C17H26N2O. The van der Waals surface area contributed by atoms with Gasteiger partial charge in [-0.05, 0) is 51.5 Å². The number of hydrogen-bond acceptors (Lipinski definition) is 2. The lowest BCUT2D eigenvalue weighted by molar-refractivity contribution is 0.00236. The van der Waals surface area contributed by atoms with Crippen LogP contribution >= 0.6 is 0 Å². The van der Waals surface area contributed by atoms with E-state index in [-0.39, 0.29) is 0 Å². The van der Waals surface area contributed by atoms with Gasteiger partial charge in [0.2, 0.25) is 0 Å². The van der Waals surface area contributed by atoms with Gasteiger partial charge in [0.1, 0.15) is 0 Å². The van der Waals surface area contributed by atoms with Crippen molar-refractivity contribution in [2.24, 2.45) is 0 Å². The van der Waals surface area contributed by atoms with Crippen LogP contribution in [0.25, 0.3) is 0 Å². The Morgan fingerprint density at radius 3 is 2.45 bits per heavy atom. The van der Waals surface area contributed by atoms with Crippen LogP contribution in [0.3, 0.4) is 0 Å². The molecule has 20 heavy (non-hydrogen) atoms. The molecule has 0 N–H and O–H groups in total. The average molecular weight is 274 g/mol. The van der Waals surface area contributed by atoms with E-state index in [2.05, 4.69) is 17.7 Å². The summed E-state index contributed by atoms with van der Waals surface area (Å²) in [5.41, 5.74) is 2.93. The molecule has 0 amide bonds. The number of hydrogen-bond donors (Lipinski definition) is 0. The number of aromatic nitrogens is 2. The molecule has 2 heterocycles. The molecule has 1 aromatic heterocycles. The average Bonchev–Trinajstić information content (AvgIpc) is 2.69. The minimum absolute atomic E-state index is 0.388. The summed E-state index contributed by atoms with van der Waals surface area (Å²) in [4.78, 5) is 0. The largest absolute Gasteiger partial charge is 0.378 e. The van der Waals surface area contributed by atoms with E-state index in [0.717, 1.165) is 31.3 Å². The van der Waals surface area contributed by atoms with Crippen LogP contribution in [-0.4, -0.2) is 22.5 Å². The second kappa shape index (κ2) is 5.18. The van der Waals surface area contributed by atoms with E-state index >= 15 is 0 Å². The lowest BCUT2D eigenvalue weighted by Gasteiger charge is -2.32. The summed E-state index contributed by atoms with van der Waals surface area (Å²) in [6.45, 7) is 3.10. The van der Waals surface area contributed by atoms with Crippen LogP contribution in [0, 0.1) is 0 Å². The molecule has 0 spiro atoms. The van der Waals surface area contributed by atoms with Gasteiger partial charge in [0.15, 0.2) is 0 Å². The lowest BCUT2D eigenvalue weighted by Crippen LogP contribution is -2.28. The molecule has 3 fully saturated rings. The van der Waals surface area contributed by atoms with Crippen molar-refractivity contribution in [2.75, 3.05) is 6.61 Å². The SMILES string of the molecule is CC1CC(n2nc(C3CCC3)cc2C2CCC2)CCO1. The molecule has 0 aromatic carbocycles. The van der Waals surface area contributed by atoms with Crippen molar-refractivity contribution >= 4 is 0 Å². The lowest BCUT2D eigenvalue weighted by atomic mass is 9.80. The molecule has 3 heteroatoms. The molecule has 110 valence electrons. The van der Waals surface area contributed by atoms with Gasteiger partial charge in [-0.15, -0.1) is 0 Å². The van der Waals surface area contributed by atoms with Crippen molar-refractivity contribution < 1.29 is 4.74 Å². The second-order valence-corrected chi connectivity index (χ2v) is 7.05. The first kappa shape index (κ1) is 12.9. The maximum Gasteiger partial charge on any atom is 0.0658 e. The molecule has 4 rings (SSSR count). The van der Waals surface area contributed by atoms with Crippen molar-refractivity contribution in [1.29, 1.82) is 0 Å². The quantitative estimate of drug-likeness (QED) is 0.827. The van der Waals surface area contributed by atoms with E-state index in [4.69, 9.17) is 9.84 Å². The smallest absolute Gasteiger partial charge is 0.0658 e. The van der Waals surface area contributed by atoms with E-state index in [1.54, 1.807) is 0 Å². The predicted octanol–water partition coefficient (Wildman–Crippen LogP) is 4.16. The second-order valence-electron chi connectivity index (χ2n) is 7.05. The molecule has 3 nitrogen and oxygen atoms in total. The summed E-state index contributed by atoms with van der Waals surface area (Å²) in [6, 6.07) is 3.02. The van der Waals surface area contributed by atoms with Crippen molar-refractivity contribution in [3.63, 3.8) is 0 Å². The Balaban J connectivity index is 1.62. The van der Waals surface area contributed by atoms with Crippen LogP contribution in [0.4, 0.5) is 0 Å². The van der Waals surface area contributed by atoms with Gasteiger partial charge in [0.05, 0.1) is 17.8 Å². The van der Waals surface area contributed by atoms with E-state index in [0.29, 0.717) is 12.1 Å². The Morgan fingerprint density at radius 2 is 1.85 bits per heavy atom. The monoisotopic (exact) mass is 274 g/mol. The molecule has 3 aliphatic rings. The molecule has 2 saturated carbocycles. The topological polar surface area (TPSA) is 27.1 Å². The highest BCUT2D eigenvalue weighted by molar-refractivity contribution is 5.22. The molecule has 2 atom stereocenters. The van der Waals surface area contributed by atoms with Gasteiger partial charge in [-0.3, -0.25) is 4.68 Å². The molecular weight excluding hydrogens is 248 g/mol. The Bertz CT molecular complexity index is 473. The Labute approximate surface area is 121 Å². The molecule has 2 aliphatic carbocycles. The zero-order valence-electron chi connectivity index (χ0n) is 12.6. The van der Waals surface area contributed by atoms with Gasteiger partial charge in [0.25, 0.3) is 0 Å². The minimum atomic E-state index is 0.388. The molecule has 0 bridgehead atoms. The van der Waals surface area contributed by atoms with E-state index in [1.165, 1.54) is 49.9 Å². The maximum atomic E-state index is 5.72. The third kappa shape index (κ3) is 2.20. The Morgan fingerprint density at radius 1 is 1.10 bits per heavy atom. The van der Waals surface area contributed by atoms with Crippen molar-refractivity contribution in [1.82, 2.24) is 9.78 Å². The molecule has 1 aliphatic heterocycles. The Hall–Kier alpha value is -0.830. The van der Waals surface area contributed by atoms with Crippen molar-refractivity contribution in [3.8, 4) is 0 Å². The van der Waals surface area contributed by atoms with Gasteiger partial charge < -0.3 is 4.74 Å². The molecule has 1 aromatic rings. The molecule has 1 saturated heterocycles. The highest BCUT2D eigenvalue weighted by atomic mass is 16.5. The molecule has 2 unspecified atom stereocenters. The zero-order chi connectivity index (χ0) is 13.5. The van der Waals surface area contributed by atoms with Gasteiger partial charge in [-0.1, -0.05) is 12.8 Å². The van der Waals surface area contributed by atoms with Crippen LogP contribution < -0.4 is 0 Å². The molecule has 0 radical (unpaired) electrons. The van der Waals surface area contributed by atoms with E-state index in [1.807, 2.05) is 0 Å². The number of nitrogens with zero attached hydrogens (tertiary/aromatic N) is 2. The number of ether oxygens (including phenoxy) is 1. The summed E-state index contributed by atoms with van der Waals surface area (Å²) >= 11 is 0. The first-order chi connectivity index (χ1) is 9.81. The third-order valence-electron chi connectivity index (χ3n) is 5.63. The minimum Gasteiger partial charge on any atom is -0.378 e. The highest BCUT2D eigenvalue weighted by Crippen LogP contribution is 2.42. The van der Waals surface area contributed by atoms with Crippen LogP contribution in [0.15, 0.2) is 6.07 Å². The maximum absolute atomic E-state index is 5.72. The summed E-state index contributed by atoms with van der Waals surface area (Å²) in [7, 11) is 0. The van der Waals surface area contributed by atoms with Gasteiger partial charge in [-0.25, -0.2) is 0 Å². The highest BCUT2D eigenvalue weighted by Gasteiger charge is 2.32. The number of rotatable bonds is 3. The van der Waals surface area contributed by atoms with E-state index < -0.39 is 0 Å². The fourth-order valence-corrected chi connectivity index (χ4v) is 3.83. The summed E-state index contributed by atoms with van der Waals surface area (Å²) < 4.78 is 8.13. The third-order valence-corrected chi connectivity index (χ3v) is 5.63. The standard InChI is InChI=1S/C17H26N2O/c1-12-10-15(8-9-20-12)19-17(14-6-3-7-14)11-16(18-19)13-4-2-5-13/h11-15H,2-10H2,1H3. The van der Waals surface area contributed by atoms with Crippen molar-refractivity contribution in [3.05, 3.63) is 17.5 Å². The normalized spacial score (nSPS) is 31.9.